The first-order valence-electron chi connectivity index (χ1n) is 4.24. The maximum absolute atomic E-state index is 12.1. The zero-order valence-electron chi connectivity index (χ0n) is 7.78. The van der Waals surface area contributed by atoms with E-state index in [0.29, 0.717) is 5.52 Å². The lowest BCUT2D eigenvalue weighted by Gasteiger charge is -2.04. The Bertz CT molecular complexity index is 509. The van der Waals surface area contributed by atoms with Gasteiger partial charge in [-0.2, -0.15) is 13.2 Å². The van der Waals surface area contributed by atoms with Gasteiger partial charge in [0.1, 0.15) is 12.1 Å². The zero-order chi connectivity index (χ0) is 11.8. The van der Waals surface area contributed by atoms with Crippen LogP contribution in [0.25, 0.3) is 11.1 Å². The number of oxazole rings is 1. The van der Waals surface area contributed by atoms with Crippen LogP contribution in [-0.2, 0) is 6.61 Å². The third-order valence-corrected chi connectivity index (χ3v) is 2.49. The number of benzene rings is 1. The van der Waals surface area contributed by atoms with Gasteiger partial charge in [-0.1, -0.05) is 0 Å². The number of rotatable bonds is 2. The number of aromatic nitrogens is 1. The van der Waals surface area contributed by atoms with Gasteiger partial charge in [0.05, 0.1) is 0 Å². The van der Waals surface area contributed by atoms with E-state index in [-0.39, 0.29) is 34.7 Å². The Labute approximate surface area is 92.3 Å². The fourth-order valence-electron chi connectivity index (χ4n) is 1.22. The maximum Gasteiger partial charge on any atom is 0.446 e. The summed E-state index contributed by atoms with van der Waals surface area (Å²) in [4.78, 5) is 3.89. The second kappa shape index (κ2) is 3.99. The highest BCUT2D eigenvalue weighted by Gasteiger charge is 2.29. The second-order valence-corrected chi connectivity index (χ2v) is 4.08. The van der Waals surface area contributed by atoms with Crippen LogP contribution >= 0.6 is 11.8 Å². The highest BCUT2D eigenvalue weighted by atomic mass is 32.2. The van der Waals surface area contributed by atoms with Gasteiger partial charge in [0.2, 0.25) is 5.89 Å². The maximum atomic E-state index is 12.1. The van der Waals surface area contributed by atoms with Crippen molar-refractivity contribution in [3.05, 3.63) is 24.1 Å². The monoisotopic (exact) mass is 249 g/mol. The van der Waals surface area contributed by atoms with Crippen molar-refractivity contribution in [3.63, 3.8) is 0 Å². The van der Waals surface area contributed by atoms with E-state index in [0.717, 1.165) is 0 Å². The van der Waals surface area contributed by atoms with Gasteiger partial charge >= 0.3 is 5.51 Å². The molecule has 0 saturated heterocycles. The van der Waals surface area contributed by atoms with Crippen LogP contribution in [0.2, 0.25) is 0 Å². The fraction of sp³-hybridized carbons (Fsp3) is 0.222. The largest absolute Gasteiger partial charge is 0.446 e. The average Bonchev–Trinajstić information content (AvgIpc) is 2.57. The molecule has 7 heteroatoms. The van der Waals surface area contributed by atoms with Crippen molar-refractivity contribution in [2.24, 2.45) is 0 Å². The van der Waals surface area contributed by atoms with Gasteiger partial charge in [-0.15, -0.1) is 0 Å². The molecule has 1 aromatic heterocycles. The van der Waals surface area contributed by atoms with E-state index >= 15 is 0 Å². The topological polar surface area (TPSA) is 46.3 Å². The first-order valence-corrected chi connectivity index (χ1v) is 5.05. The summed E-state index contributed by atoms with van der Waals surface area (Å²) in [6.45, 7) is -0.379. The lowest BCUT2D eigenvalue weighted by Crippen LogP contribution is -1.98. The van der Waals surface area contributed by atoms with E-state index in [1.807, 2.05) is 0 Å². The van der Waals surface area contributed by atoms with E-state index in [1.54, 1.807) is 0 Å². The highest BCUT2D eigenvalue weighted by molar-refractivity contribution is 8.00. The van der Waals surface area contributed by atoms with Crippen molar-refractivity contribution in [2.75, 3.05) is 0 Å². The first kappa shape index (κ1) is 11.3. The number of thioether (sulfide) groups is 1. The molecule has 0 aliphatic heterocycles. The van der Waals surface area contributed by atoms with E-state index in [1.165, 1.54) is 18.2 Å². The summed E-state index contributed by atoms with van der Waals surface area (Å²) in [5.41, 5.74) is -3.66. The van der Waals surface area contributed by atoms with Crippen LogP contribution in [0.3, 0.4) is 0 Å². The van der Waals surface area contributed by atoms with Crippen LogP contribution in [-0.4, -0.2) is 15.6 Å². The minimum absolute atomic E-state index is 0.0284. The number of aliphatic hydroxyl groups excluding tert-OH is 1. The molecule has 86 valence electrons. The Morgan fingerprint density at radius 3 is 2.75 bits per heavy atom. The van der Waals surface area contributed by atoms with Crippen molar-refractivity contribution in [1.82, 2.24) is 4.98 Å². The Kier molecular flexibility index (Phi) is 2.81. The third-order valence-electron chi connectivity index (χ3n) is 1.77. The van der Waals surface area contributed by atoms with Crippen LogP contribution in [0.1, 0.15) is 5.89 Å². The molecule has 1 aromatic carbocycles. The predicted molar refractivity (Wildman–Crippen MR) is 51.8 cm³/mol. The minimum atomic E-state index is -4.33. The van der Waals surface area contributed by atoms with Crippen LogP contribution < -0.4 is 0 Å². The third kappa shape index (κ3) is 2.48. The summed E-state index contributed by atoms with van der Waals surface area (Å²) < 4.78 is 41.3. The van der Waals surface area contributed by atoms with Gasteiger partial charge < -0.3 is 9.52 Å². The summed E-state index contributed by atoms with van der Waals surface area (Å²) in [5, 5.41) is 8.75. The van der Waals surface area contributed by atoms with Gasteiger partial charge in [-0.3, -0.25) is 0 Å². The average molecular weight is 249 g/mol. The first-order chi connectivity index (χ1) is 7.48. The van der Waals surface area contributed by atoms with Crippen molar-refractivity contribution >= 4 is 22.9 Å². The molecule has 3 nitrogen and oxygen atoms in total. The number of halogens is 3. The number of hydrogen-bond donors (Lipinski definition) is 1. The Hall–Kier alpha value is -1.21. The molecule has 0 unspecified atom stereocenters. The van der Waals surface area contributed by atoms with E-state index < -0.39 is 5.51 Å². The van der Waals surface area contributed by atoms with Crippen LogP contribution in [0.4, 0.5) is 13.2 Å². The van der Waals surface area contributed by atoms with Gasteiger partial charge in [0, 0.05) is 4.90 Å². The fourth-order valence-corrected chi connectivity index (χ4v) is 1.79. The van der Waals surface area contributed by atoms with Gasteiger partial charge in [-0.05, 0) is 30.0 Å². The molecule has 0 aliphatic rings. The molecule has 2 rings (SSSR count). The molecular weight excluding hydrogens is 243 g/mol. The minimum Gasteiger partial charge on any atom is -0.438 e. The molecule has 16 heavy (non-hydrogen) atoms. The van der Waals surface area contributed by atoms with Crippen molar-refractivity contribution in [2.45, 2.75) is 17.0 Å². The lowest BCUT2D eigenvalue weighted by molar-refractivity contribution is -0.0328. The second-order valence-electron chi connectivity index (χ2n) is 2.94. The number of fused-ring (bicyclic) bond motifs is 1. The van der Waals surface area contributed by atoms with Crippen molar-refractivity contribution < 1.29 is 22.7 Å². The summed E-state index contributed by atoms with van der Waals surface area (Å²) in [6, 6.07) is 3.98. The van der Waals surface area contributed by atoms with Crippen LogP contribution in [0.5, 0.6) is 0 Å². The van der Waals surface area contributed by atoms with E-state index in [2.05, 4.69) is 4.98 Å². The summed E-state index contributed by atoms with van der Waals surface area (Å²) in [6.07, 6.45) is 0. The Morgan fingerprint density at radius 2 is 2.12 bits per heavy atom. The molecular formula is C9H6F3NO2S. The number of alkyl halides is 3. The zero-order valence-corrected chi connectivity index (χ0v) is 8.60. The predicted octanol–water partition coefficient (Wildman–Crippen LogP) is 2.93. The van der Waals surface area contributed by atoms with E-state index in [4.69, 9.17) is 9.52 Å². The molecule has 0 atom stereocenters. The van der Waals surface area contributed by atoms with Crippen LogP contribution in [0.15, 0.2) is 27.5 Å². The number of hydrogen-bond acceptors (Lipinski definition) is 4. The molecule has 0 bridgehead atoms. The molecule has 2 aromatic rings. The Balaban J connectivity index is 2.36. The molecule has 0 aliphatic carbocycles. The molecule has 0 spiro atoms. The SMILES string of the molecule is OCc1nc2ccc(SC(F)(F)F)cc2o1. The normalized spacial score (nSPS) is 12.2. The van der Waals surface area contributed by atoms with E-state index in [9.17, 15) is 13.2 Å². The molecule has 1 N–H and O–H groups in total. The summed E-state index contributed by atoms with van der Waals surface area (Å²) >= 11 is -0.218. The van der Waals surface area contributed by atoms with Gasteiger partial charge in [-0.25, -0.2) is 4.98 Å². The van der Waals surface area contributed by atoms with Gasteiger partial charge in [0.15, 0.2) is 5.58 Å². The standard InChI is InChI=1S/C9H6F3NO2S/c10-9(11,12)16-5-1-2-6-7(3-5)15-8(4-14)13-6/h1-3,14H,4H2. The highest BCUT2D eigenvalue weighted by Crippen LogP contribution is 2.37. The van der Waals surface area contributed by atoms with Crippen molar-refractivity contribution in [3.8, 4) is 0 Å². The smallest absolute Gasteiger partial charge is 0.438 e. The molecule has 1 heterocycles. The number of nitrogens with zero attached hydrogens (tertiary/aromatic N) is 1. The molecule has 0 fully saturated rings. The Morgan fingerprint density at radius 1 is 1.38 bits per heavy atom. The van der Waals surface area contributed by atoms with Crippen LogP contribution in [0, 0.1) is 0 Å². The lowest BCUT2D eigenvalue weighted by atomic mass is 10.3. The molecule has 0 saturated carbocycles. The number of aliphatic hydroxyl groups is 1. The quantitative estimate of drug-likeness (QED) is 0.831. The summed E-state index contributed by atoms with van der Waals surface area (Å²) in [7, 11) is 0. The van der Waals surface area contributed by atoms with Crippen molar-refractivity contribution in [1.29, 1.82) is 0 Å². The van der Waals surface area contributed by atoms with Gasteiger partial charge in [0.25, 0.3) is 0 Å². The molecule has 0 radical (unpaired) electrons. The molecule has 0 amide bonds. The summed E-state index contributed by atoms with van der Waals surface area (Å²) in [5.74, 6) is 0.0872.